The van der Waals surface area contributed by atoms with Crippen LogP contribution in [-0.2, 0) is 14.3 Å². The first-order chi connectivity index (χ1) is 13.4. The van der Waals surface area contributed by atoms with Gasteiger partial charge in [-0.1, -0.05) is 26.0 Å². The number of ketones is 1. The molecule has 25 heavy (non-hydrogen) atoms. The van der Waals surface area contributed by atoms with E-state index in [9.17, 15) is 9.59 Å². The number of esters is 1. The molecule has 6 atom stereocenters. The molecule has 3 fully saturated rings. The summed E-state index contributed by atoms with van der Waals surface area (Å²) < 4.78 is 39.1. The smallest absolute Gasteiger partial charge is 0.306 e. The van der Waals surface area contributed by atoms with Gasteiger partial charge < -0.3 is 4.74 Å². The minimum absolute atomic E-state index is 0.0512. The largest absolute Gasteiger partial charge is 0.458 e. The molecular formula is C22H28O3. The Bertz CT molecular complexity index is 877. The summed E-state index contributed by atoms with van der Waals surface area (Å²) in [6.07, 6.45) is 5.15. The Kier molecular flexibility index (Phi) is 2.35. The maximum absolute atomic E-state index is 12.4. The number of ether oxygens (including phenoxy) is 1. The number of allylic oxidation sites excluding steroid dienone is 4. The van der Waals surface area contributed by atoms with Crippen molar-refractivity contribution in [2.24, 2.45) is 28.6 Å². The summed E-state index contributed by atoms with van der Waals surface area (Å²) in [5.41, 5.74) is -0.956. The van der Waals surface area contributed by atoms with Crippen molar-refractivity contribution in [2.45, 2.75) is 70.7 Å². The van der Waals surface area contributed by atoms with Gasteiger partial charge in [0.25, 0.3) is 0 Å². The number of fused-ring (bicyclic) bond motifs is 6. The highest BCUT2D eigenvalue weighted by molar-refractivity contribution is 5.92. The molecule has 5 rings (SSSR count). The predicted molar refractivity (Wildman–Crippen MR) is 94.7 cm³/mol. The van der Waals surface area contributed by atoms with Crippen molar-refractivity contribution in [1.29, 1.82) is 0 Å². The molecule has 1 aliphatic heterocycles. The summed E-state index contributed by atoms with van der Waals surface area (Å²) in [7, 11) is 0. The first kappa shape index (κ1) is 12.1. The van der Waals surface area contributed by atoms with E-state index in [-0.39, 0.29) is 23.0 Å². The molecule has 0 aromatic carbocycles. The molecule has 0 aromatic heterocycles. The molecule has 0 aromatic rings. The lowest BCUT2D eigenvalue weighted by Crippen LogP contribution is -2.53. The molecule has 0 bridgehead atoms. The lowest BCUT2D eigenvalue weighted by atomic mass is 9.48. The molecule has 1 heterocycles. The standard InChI is InChI=1S/C22H28O3/c1-20-9-5-15(23)13-14(20)3-4-16-17(20)6-10-21(2)18(16)7-11-22(21)12-8-19(24)25-22/h3-4,13,16-18H,5-12H2,1-2H3/t16-,17+,18+,20+,21+,22+/m1/s1/i8D2,12D2. The molecule has 0 amide bonds. The first-order valence-electron chi connectivity index (χ1n) is 11.6. The highest BCUT2D eigenvalue weighted by atomic mass is 16.6. The molecule has 1 spiro atoms. The van der Waals surface area contributed by atoms with Crippen LogP contribution in [0.3, 0.4) is 0 Å². The second kappa shape index (κ2) is 4.86. The molecule has 2 saturated carbocycles. The van der Waals surface area contributed by atoms with Crippen LogP contribution in [0.5, 0.6) is 0 Å². The Morgan fingerprint density at radius 1 is 1.16 bits per heavy atom. The molecule has 134 valence electrons. The van der Waals surface area contributed by atoms with Gasteiger partial charge in [-0.2, -0.15) is 0 Å². The van der Waals surface area contributed by atoms with E-state index in [0.29, 0.717) is 25.2 Å². The average molecular weight is 344 g/mol. The molecule has 0 N–H and O–H groups in total. The van der Waals surface area contributed by atoms with Crippen LogP contribution in [-0.4, -0.2) is 17.4 Å². The third kappa shape index (κ3) is 1.88. The van der Waals surface area contributed by atoms with E-state index in [1.807, 2.05) is 6.92 Å². The van der Waals surface area contributed by atoms with Gasteiger partial charge in [0.15, 0.2) is 5.78 Å². The van der Waals surface area contributed by atoms with Gasteiger partial charge in [-0.25, -0.2) is 0 Å². The fraction of sp³-hybridized carbons (Fsp3) is 0.727. The highest BCUT2D eigenvalue weighted by Crippen LogP contribution is 2.68. The molecule has 0 unspecified atom stereocenters. The second-order valence-corrected chi connectivity index (χ2v) is 9.09. The van der Waals surface area contributed by atoms with E-state index in [2.05, 4.69) is 19.1 Å². The van der Waals surface area contributed by atoms with Crippen molar-refractivity contribution in [3.8, 4) is 0 Å². The van der Waals surface area contributed by atoms with Crippen molar-refractivity contribution in [3.05, 3.63) is 23.8 Å². The summed E-state index contributed by atoms with van der Waals surface area (Å²) in [6, 6.07) is 0. The molecule has 3 nitrogen and oxygen atoms in total. The molecule has 4 aliphatic carbocycles. The van der Waals surface area contributed by atoms with Crippen molar-refractivity contribution in [3.63, 3.8) is 0 Å². The highest BCUT2D eigenvalue weighted by Gasteiger charge is 2.66. The number of hydrogen-bond acceptors (Lipinski definition) is 3. The van der Waals surface area contributed by atoms with Gasteiger partial charge in [0.05, 0.1) is 0 Å². The number of hydrogen-bond donors (Lipinski definition) is 0. The van der Waals surface area contributed by atoms with E-state index in [1.54, 1.807) is 6.08 Å². The minimum Gasteiger partial charge on any atom is -0.458 e. The SMILES string of the molecule is [2H]C1([2H])C(=O)O[C@@]2(CC[C@H]3[C@@H]4C=CC5=CC(=O)CC[C@]5(C)[C@H]4CC[C@@]32C)C1([2H])[2H]. The Balaban J connectivity index is 1.58. The van der Waals surface area contributed by atoms with E-state index >= 15 is 0 Å². The fourth-order valence-corrected chi connectivity index (χ4v) is 6.73. The summed E-state index contributed by atoms with van der Waals surface area (Å²) in [6.45, 7) is 4.27. The lowest BCUT2D eigenvalue weighted by molar-refractivity contribution is -0.165. The van der Waals surface area contributed by atoms with Crippen molar-refractivity contribution < 1.29 is 19.8 Å². The van der Waals surface area contributed by atoms with Gasteiger partial charge in [0.2, 0.25) is 0 Å². The van der Waals surface area contributed by atoms with Gasteiger partial charge in [0.1, 0.15) is 5.60 Å². The summed E-state index contributed by atoms with van der Waals surface area (Å²) in [5, 5.41) is 0. The fourth-order valence-electron chi connectivity index (χ4n) is 6.73. The Morgan fingerprint density at radius 3 is 2.72 bits per heavy atom. The van der Waals surface area contributed by atoms with E-state index in [1.165, 1.54) is 0 Å². The van der Waals surface area contributed by atoms with Gasteiger partial charge in [0, 0.05) is 23.7 Å². The molecule has 1 saturated heterocycles. The van der Waals surface area contributed by atoms with Crippen LogP contribution >= 0.6 is 0 Å². The van der Waals surface area contributed by atoms with Crippen LogP contribution in [0.4, 0.5) is 0 Å². The molecule has 0 radical (unpaired) electrons. The molecule has 3 heteroatoms. The van der Waals surface area contributed by atoms with E-state index < -0.39 is 29.7 Å². The normalized spacial score (nSPS) is 57.4. The van der Waals surface area contributed by atoms with Crippen LogP contribution in [0.2, 0.25) is 0 Å². The number of rotatable bonds is 0. The zero-order valence-corrected chi connectivity index (χ0v) is 14.9. The van der Waals surface area contributed by atoms with Gasteiger partial charge in [-0.05, 0) is 73.3 Å². The first-order valence-corrected chi connectivity index (χ1v) is 9.57. The van der Waals surface area contributed by atoms with Crippen LogP contribution in [0.15, 0.2) is 23.8 Å². The average Bonchev–Trinajstić information content (AvgIpc) is 3.02. The zero-order valence-electron chi connectivity index (χ0n) is 18.9. The monoisotopic (exact) mass is 344 g/mol. The van der Waals surface area contributed by atoms with Crippen LogP contribution in [0.25, 0.3) is 0 Å². The van der Waals surface area contributed by atoms with E-state index in [4.69, 9.17) is 10.2 Å². The van der Waals surface area contributed by atoms with Gasteiger partial charge >= 0.3 is 5.97 Å². The van der Waals surface area contributed by atoms with Crippen LogP contribution < -0.4 is 0 Å². The van der Waals surface area contributed by atoms with Crippen LogP contribution in [0.1, 0.15) is 70.6 Å². The lowest BCUT2D eigenvalue weighted by Gasteiger charge is -2.57. The van der Waals surface area contributed by atoms with Crippen LogP contribution in [0, 0.1) is 28.6 Å². The summed E-state index contributed by atoms with van der Waals surface area (Å²) in [4.78, 5) is 24.3. The Morgan fingerprint density at radius 2 is 1.96 bits per heavy atom. The van der Waals surface area contributed by atoms with Gasteiger partial charge in [-0.3, -0.25) is 9.59 Å². The predicted octanol–water partition coefficient (Wildman–Crippen LogP) is 4.37. The zero-order chi connectivity index (χ0) is 21.0. The third-order valence-corrected chi connectivity index (χ3v) is 8.27. The maximum Gasteiger partial charge on any atom is 0.306 e. The quantitative estimate of drug-likeness (QED) is 0.613. The minimum atomic E-state index is -2.63. The summed E-state index contributed by atoms with van der Waals surface area (Å²) in [5.74, 6) is -0.141. The van der Waals surface area contributed by atoms with Crippen molar-refractivity contribution in [1.82, 2.24) is 0 Å². The number of carbonyl (C=O) groups excluding carboxylic acids is 2. The van der Waals surface area contributed by atoms with E-state index in [0.717, 1.165) is 24.8 Å². The Hall–Kier alpha value is -1.38. The third-order valence-electron chi connectivity index (χ3n) is 8.27. The molecule has 5 aliphatic rings. The van der Waals surface area contributed by atoms with Crippen molar-refractivity contribution >= 4 is 11.8 Å². The maximum atomic E-state index is 12.4. The Labute approximate surface area is 155 Å². The van der Waals surface area contributed by atoms with Crippen molar-refractivity contribution in [2.75, 3.05) is 0 Å². The topological polar surface area (TPSA) is 43.4 Å². The second-order valence-electron chi connectivity index (χ2n) is 9.09. The summed E-state index contributed by atoms with van der Waals surface area (Å²) >= 11 is 0. The van der Waals surface area contributed by atoms with Gasteiger partial charge in [-0.15, -0.1) is 0 Å². The number of carbonyl (C=O) groups is 2. The molecular weight excluding hydrogens is 312 g/mol.